The summed E-state index contributed by atoms with van der Waals surface area (Å²) >= 11 is 1.56. The first-order chi connectivity index (χ1) is 9.08. The van der Waals surface area contributed by atoms with Crippen molar-refractivity contribution in [3.05, 3.63) is 52.0 Å². The Morgan fingerprint density at radius 3 is 2.84 bits per heavy atom. The Kier molecular flexibility index (Phi) is 3.91. The van der Waals surface area contributed by atoms with E-state index in [0.717, 1.165) is 4.88 Å². The molecule has 0 radical (unpaired) electrons. The van der Waals surface area contributed by atoms with Gasteiger partial charge in [-0.1, -0.05) is 6.07 Å². The Hall–Kier alpha value is -2.21. The predicted octanol–water partition coefficient (Wildman–Crippen LogP) is 2.33. The molecule has 2 aromatic heterocycles. The number of aromatic carboxylic acids is 1. The number of carbonyl (C=O) groups excluding carboxylic acids is 1. The van der Waals surface area contributed by atoms with E-state index in [0.29, 0.717) is 0 Å². The topological polar surface area (TPSA) is 79.3 Å². The number of hydrogen-bond donors (Lipinski definition) is 2. The molecular formula is C13H12N2O3S. The molecule has 2 aromatic rings. The maximum absolute atomic E-state index is 12.0. The molecule has 19 heavy (non-hydrogen) atoms. The highest BCUT2D eigenvalue weighted by molar-refractivity contribution is 7.10. The number of carboxylic acid groups (broad SMARTS) is 1. The zero-order chi connectivity index (χ0) is 13.8. The van der Waals surface area contributed by atoms with Gasteiger partial charge in [0.25, 0.3) is 5.91 Å². The standard InChI is InChI=1S/C13H12N2O3S/c1-8(11-3-2-6-19-11)15-12(16)9-4-5-14-10(7-9)13(17)18/h2-8H,1H3,(H,15,16)(H,17,18). The summed E-state index contributed by atoms with van der Waals surface area (Å²) < 4.78 is 0. The molecule has 6 heteroatoms. The van der Waals surface area contributed by atoms with Gasteiger partial charge in [-0.3, -0.25) is 4.79 Å². The Morgan fingerprint density at radius 1 is 1.42 bits per heavy atom. The van der Waals surface area contributed by atoms with Crippen LogP contribution in [0.4, 0.5) is 0 Å². The minimum Gasteiger partial charge on any atom is -0.477 e. The van der Waals surface area contributed by atoms with Gasteiger partial charge in [0.1, 0.15) is 5.69 Å². The molecule has 1 atom stereocenters. The Labute approximate surface area is 113 Å². The van der Waals surface area contributed by atoms with Crippen molar-refractivity contribution in [2.75, 3.05) is 0 Å². The molecular weight excluding hydrogens is 264 g/mol. The second-order valence-electron chi connectivity index (χ2n) is 3.95. The monoisotopic (exact) mass is 276 g/mol. The number of carbonyl (C=O) groups is 2. The van der Waals surface area contributed by atoms with E-state index in [1.165, 1.54) is 18.3 Å². The molecule has 1 amide bonds. The van der Waals surface area contributed by atoms with E-state index >= 15 is 0 Å². The molecule has 1 unspecified atom stereocenters. The summed E-state index contributed by atoms with van der Waals surface area (Å²) in [6.45, 7) is 1.88. The summed E-state index contributed by atoms with van der Waals surface area (Å²) in [5.41, 5.74) is 0.146. The third-order valence-corrected chi connectivity index (χ3v) is 3.61. The second kappa shape index (κ2) is 5.62. The van der Waals surface area contributed by atoms with Crippen LogP contribution in [0.5, 0.6) is 0 Å². The number of nitrogens with zero attached hydrogens (tertiary/aromatic N) is 1. The number of thiophene rings is 1. The number of amides is 1. The molecule has 0 aliphatic heterocycles. The van der Waals surface area contributed by atoms with Gasteiger partial charge in [0.05, 0.1) is 6.04 Å². The van der Waals surface area contributed by atoms with Crippen molar-refractivity contribution < 1.29 is 14.7 Å². The van der Waals surface area contributed by atoms with Gasteiger partial charge < -0.3 is 10.4 Å². The van der Waals surface area contributed by atoms with Crippen molar-refractivity contribution in [1.29, 1.82) is 0 Å². The number of nitrogens with one attached hydrogen (secondary N) is 1. The lowest BCUT2D eigenvalue weighted by molar-refractivity contribution is 0.0690. The molecule has 0 aliphatic rings. The van der Waals surface area contributed by atoms with E-state index in [2.05, 4.69) is 10.3 Å². The zero-order valence-corrected chi connectivity index (χ0v) is 11.0. The van der Waals surface area contributed by atoms with Crippen LogP contribution in [-0.2, 0) is 0 Å². The highest BCUT2D eigenvalue weighted by Crippen LogP contribution is 2.18. The van der Waals surface area contributed by atoms with Gasteiger partial charge in [-0.15, -0.1) is 11.3 Å². The average molecular weight is 276 g/mol. The van der Waals surface area contributed by atoms with E-state index < -0.39 is 5.97 Å². The SMILES string of the molecule is CC(NC(=O)c1ccnc(C(=O)O)c1)c1cccs1. The molecule has 98 valence electrons. The van der Waals surface area contributed by atoms with Crippen LogP contribution in [0.3, 0.4) is 0 Å². The van der Waals surface area contributed by atoms with Crippen LogP contribution in [-0.4, -0.2) is 22.0 Å². The normalized spacial score (nSPS) is 11.8. The van der Waals surface area contributed by atoms with Crippen LogP contribution < -0.4 is 5.32 Å². The molecule has 0 aliphatic carbocycles. The molecule has 0 saturated carbocycles. The Balaban J connectivity index is 2.12. The summed E-state index contributed by atoms with van der Waals surface area (Å²) in [7, 11) is 0. The third-order valence-electron chi connectivity index (χ3n) is 2.56. The number of hydrogen-bond acceptors (Lipinski definition) is 4. The van der Waals surface area contributed by atoms with Gasteiger partial charge in [0.15, 0.2) is 0 Å². The van der Waals surface area contributed by atoms with Gasteiger partial charge in [0, 0.05) is 16.6 Å². The number of pyridine rings is 1. The molecule has 2 N–H and O–H groups in total. The van der Waals surface area contributed by atoms with Gasteiger partial charge in [-0.25, -0.2) is 9.78 Å². The van der Waals surface area contributed by atoms with E-state index in [4.69, 9.17) is 5.11 Å². The van der Waals surface area contributed by atoms with Crippen molar-refractivity contribution in [3.8, 4) is 0 Å². The second-order valence-corrected chi connectivity index (χ2v) is 4.92. The summed E-state index contributed by atoms with van der Waals surface area (Å²) in [4.78, 5) is 27.5. The van der Waals surface area contributed by atoms with Crippen LogP contribution in [0.1, 0.15) is 38.7 Å². The molecule has 0 saturated heterocycles. The van der Waals surface area contributed by atoms with Crippen molar-refractivity contribution in [1.82, 2.24) is 10.3 Å². The Morgan fingerprint density at radius 2 is 2.21 bits per heavy atom. The summed E-state index contributed by atoms with van der Waals surface area (Å²) in [6.07, 6.45) is 1.31. The van der Waals surface area contributed by atoms with E-state index in [1.54, 1.807) is 11.3 Å². The van der Waals surface area contributed by atoms with E-state index in [1.807, 2.05) is 24.4 Å². The minimum atomic E-state index is -1.15. The van der Waals surface area contributed by atoms with Crippen LogP contribution >= 0.6 is 11.3 Å². The summed E-state index contributed by atoms with van der Waals surface area (Å²) in [6, 6.07) is 6.48. The van der Waals surface area contributed by atoms with Crippen molar-refractivity contribution in [3.63, 3.8) is 0 Å². The lowest BCUT2D eigenvalue weighted by Gasteiger charge is -2.12. The van der Waals surface area contributed by atoms with E-state index in [-0.39, 0.29) is 23.2 Å². The van der Waals surface area contributed by atoms with Crippen molar-refractivity contribution in [2.45, 2.75) is 13.0 Å². The average Bonchev–Trinajstić information content (AvgIpc) is 2.92. The van der Waals surface area contributed by atoms with Crippen molar-refractivity contribution in [2.24, 2.45) is 0 Å². The minimum absolute atomic E-state index is 0.117. The molecule has 2 rings (SSSR count). The highest BCUT2D eigenvalue weighted by atomic mass is 32.1. The molecule has 0 fully saturated rings. The zero-order valence-electron chi connectivity index (χ0n) is 10.2. The predicted molar refractivity (Wildman–Crippen MR) is 71.4 cm³/mol. The van der Waals surface area contributed by atoms with Crippen molar-refractivity contribution >= 4 is 23.2 Å². The first-order valence-electron chi connectivity index (χ1n) is 5.61. The third kappa shape index (κ3) is 3.17. The fraction of sp³-hybridized carbons (Fsp3) is 0.154. The summed E-state index contributed by atoms with van der Waals surface area (Å²) in [5, 5.41) is 13.6. The highest BCUT2D eigenvalue weighted by Gasteiger charge is 2.14. The molecule has 5 nitrogen and oxygen atoms in total. The number of carboxylic acids is 1. The van der Waals surface area contributed by atoms with Crippen LogP contribution in [0, 0.1) is 0 Å². The largest absolute Gasteiger partial charge is 0.477 e. The lowest BCUT2D eigenvalue weighted by atomic mass is 10.2. The van der Waals surface area contributed by atoms with Crippen LogP contribution in [0.15, 0.2) is 35.8 Å². The first-order valence-corrected chi connectivity index (χ1v) is 6.49. The first kappa shape index (κ1) is 13.2. The lowest BCUT2D eigenvalue weighted by Crippen LogP contribution is -2.26. The molecule has 0 spiro atoms. The Bertz CT molecular complexity index is 596. The summed E-state index contributed by atoms with van der Waals surface area (Å²) in [5.74, 6) is -1.47. The maximum atomic E-state index is 12.0. The smallest absolute Gasteiger partial charge is 0.354 e. The van der Waals surface area contributed by atoms with Crippen LogP contribution in [0.25, 0.3) is 0 Å². The van der Waals surface area contributed by atoms with Gasteiger partial charge >= 0.3 is 5.97 Å². The molecule has 2 heterocycles. The van der Waals surface area contributed by atoms with E-state index in [9.17, 15) is 9.59 Å². The van der Waals surface area contributed by atoms with Gasteiger partial charge in [-0.2, -0.15) is 0 Å². The fourth-order valence-electron chi connectivity index (χ4n) is 1.58. The number of aromatic nitrogens is 1. The fourth-order valence-corrected chi connectivity index (χ4v) is 2.31. The molecule has 0 bridgehead atoms. The van der Waals surface area contributed by atoms with Gasteiger partial charge in [0.2, 0.25) is 0 Å². The quantitative estimate of drug-likeness (QED) is 0.898. The molecule has 0 aromatic carbocycles. The van der Waals surface area contributed by atoms with Crippen LogP contribution in [0.2, 0.25) is 0 Å². The van der Waals surface area contributed by atoms with Gasteiger partial charge in [-0.05, 0) is 30.5 Å². The maximum Gasteiger partial charge on any atom is 0.354 e. The number of rotatable bonds is 4.